The summed E-state index contributed by atoms with van der Waals surface area (Å²) in [4.78, 5) is 5.17. The molecule has 1 aliphatic rings. The van der Waals surface area contributed by atoms with Crippen molar-refractivity contribution in [2.75, 3.05) is 45.8 Å². The van der Waals surface area contributed by atoms with E-state index in [1.807, 2.05) is 0 Å². The molecule has 0 aromatic rings. The Balaban J connectivity index is 1.91. The lowest BCUT2D eigenvalue weighted by Gasteiger charge is -2.36. The molecule has 0 radical (unpaired) electrons. The molecule has 1 heterocycles. The van der Waals surface area contributed by atoms with Gasteiger partial charge in [0.05, 0.1) is 0 Å². The van der Waals surface area contributed by atoms with Gasteiger partial charge in [-0.3, -0.25) is 9.80 Å². The number of nitrogens with one attached hydrogen (secondary N) is 1. The van der Waals surface area contributed by atoms with Gasteiger partial charge in [0.2, 0.25) is 0 Å². The third-order valence-electron chi connectivity index (χ3n) is 3.95. The van der Waals surface area contributed by atoms with Crippen LogP contribution in [0.1, 0.15) is 46.5 Å². The van der Waals surface area contributed by atoms with E-state index in [0.29, 0.717) is 6.04 Å². The molecule has 0 bridgehead atoms. The van der Waals surface area contributed by atoms with Crippen LogP contribution in [0.15, 0.2) is 0 Å². The summed E-state index contributed by atoms with van der Waals surface area (Å²) >= 11 is 0. The van der Waals surface area contributed by atoms with E-state index in [-0.39, 0.29) is 0 Å². The summed E-state index contributed by atoms with van der Waals surface area (Å²) < 4.78 is 0. The van der Waals surface area contributed by atoms with Crippen molar-refractivity contribution in [3.63, 3.8) is 0 Å². The molecule has 1 rings (SSSR count). The van der Waals surface area contributed by atoms with Crippen LogP contribution >= 0.6 is 0 Å². The van der Waals surface area contributed by atoms with E-state index in [2.05, 4.69) is 35.9 Å². The number of hydrogen-bond donors (Lipinski definition) is 1. The standard InChI is InChI=1S/C15H33N3/c1-4-5-6-7-8-16-9-10-17-11-13-18(14-12-17)15(2)3/h15-16H,4-14H2,1-3H3. The normalized spacial score (nSPS) is 18.7. The predicted octanol–water partition coefficient (Wildman–Crippen LogP) is 2.18. The molecule has 1 aliphatic heterocycles. The second-order valence-electron chi connectivity index (χ2n) is 5.78. The SMILES string of the molecule is CCCCCCNCCN1CCN(C(C)C)CC1. The molecule has 1 saturated heterocycles. The number of unbranched alkanes of at least 4 members (excludes halogenated alkanes) is 3. The summed E-state index contributed by atoms with van der Waals surface area (Å²) in [6.45, 7) is 15.4. The Morgan fingerprint density at radius 3 is 2.28 bits per heavy atom. The van der Waals surface area contributed by atoms with Gasteiger partial charge in [-0.1, -0.05) is 26.2 Å². The zero-order valence-corrected chi connectivity index (χ0v) is 12.7. The minimum absolute atomic E-state index is 0.712. The summed E-state index contributed by atoms with van der Waals surface area (Å²) in [5.74, 6) is 0. The third kappa shape index (κ3) is 6.72. The second kappa shape index (κ2) is 9.76. The van der Waals surface area contributed by atoms with Gasteiger partial charge in [-0.05, 0) is 26.8 Å². The van der Waals surface area contributed by atoms with Crippen molar-refractivity contribution in [2.45, 2.75) is 52.5 Å². The summed E-state index contributed by atoms with van der Waals surface area (Å²) in [7, 11) is 0. The minimum Gasteiger partial charge on any atom is -0.315 e. The minimum atomic E-state index is 0.712. The van der Waals surface area contributed by atoms with Crippen LogP contribution in [-0.2, 0) is 0 Å². The Morgan fingerprint density at radius 2 is 1.67 bits per heavy atom. The van der Waals surface area contributed by atoms with Crippen LogP contribution < -0.4 is 5.32 Å². The molecular formula is C15H33N3. The highest BCUT2D eigenvalue weighted by molar-refractivity contribution is 4.74. The second-order valence-corrected chi connectivity index (χ2v) is 5.78. The van der Waals surface area contributed by atoms with Gasteiger partial charge in [0.25, 0.3) is 0 Å². The van der Waals surface area contributed by atoms with Crippen LogP contribution in [0.5, 0.6) is 0 Å². The first-order valence-corrected chi connectivity index (χ1v) is 7.91. The van der Waals surface area contributed by atoms with Crippen LogP contribution in [0.3, 0.4) is 0 Å². The quantitative estimate of drug-likeness (QED) is 0.637. The molecule has 0 unspecified atom stereocenters. The van der Waals surface area contributed by atoms with Gasteiger partial charge in [-0.2, -0.15) is 0 Å². The Morgan fingerprint density at radius 1 is 0.944 bits per heavy atom. The van der Waals surface area contributed by atoms with E-state index in [0.717, 1.165) is 6.54 Å². The monoisotopic (exact) mass is 255 g/mol. The topological polar surface area (TPSA) is 18.5 Å². The number of piperazine rings is 1. The summed E-state index contributed by atoms with van der Waals surface area (Å²) in [5.41, 5.74) is 0. The first-order valence-electron chi connectivity index (χ1n) is 7.91. The zero-order valence-electron chi connectivity index (χ0n) is 12.7. The Hall–Kier alpha value is -0.120. The van der Waals surface area contributed by atoms with Gasteiger partial charge in [-0.15, -0.1) is 0 Å². The van der Waals surface area contributed by atoms with E-state index in [1.165, 1.54) is 65.0 Å². The average molecular weight is 255 g/mol. The van der Waals surface area contributed by atoms with Gasteiger partial charge in [0.15, 0.2) is 0 Å². The molecule has 0 amide bonds. The molecule has 0 aromatic heterocycles. The van der Waals surface area contributed by atoms with Crippen molar-refractivity contribution in [1.29, 1.82) is 0 Å². The summed E-state index contributed by atoms with van der Waals surface area (Å²) in [5, 5.41) is 3.57. The Kier molecular flexibility index (Phi) is 8.64. The van der Waals surface area contributed by atoms with Gasteiger partial charge in [0, 0.05) is 45.3 Å². The smallest absolute Gasteiger partial charge is 0.0113 e. The molecule has 0 atom stereocenters. The van der Waals surface area contributed by atoms with Crippen LogP contribution in [0, 0.1) is 0 Å². The lowest BCUT2D eigenvalue weighted by molar-refractivity contribution is 0.109. The maximum atomic E-state index is 3.57. The van der Waals surface area contributed by atoms with E-state index in [1.54, 1.807) is 0 Å². The maximum absolute atomic E-state index is 3.57. The molecule has 0 spiro atoms. The molecule has 108 valence electrons. The van der Waals surface area contributed by atoms with Crippen LogP contribution in [0.25, 0.3) is 0 Å². The van der Waals surface area contributed by atoms with E-state index < -0.39 is 0 Å². The van der Waals surface area contributed by atoms with Crippen molar-refractivity contribution in [3.05, 3.63) is 0 Å². The number of rotatable bonds is 9. The average Bonchev–Trinajstić information content (AvgIpc) is 2.38. The molecule has 1 fully saturated rings. The van der Waals surface area contributed by atoms with Gasteiger partial charge in [0.1, 0.15) is 0 Å². The molecule has 3 heteroatoms. The lowest BCUT2D eigenvalue weighted by atomic mass is 10.2. The Bertz CT molecular complexity index is 186. The van der Waals surface area contributed by atoms with Crippen molar-refractivity contribution in [1.82, 2.24) is 15.1 Å². The maximum Gasteiger partial charge on any atom is 0.0113 e. The molecule has 0 aliphatic carbocycles. The van der Waals surface area contributed by atoms with Gasteiger partial charge >= 0.3 is 0 Å². The molecular weight excluding hydrogens is 222 g/mol. The highest BCUT2D eigenvalue weighted by Gasteiger charge is 2.17. The highest BCUT2D eigenvalue weighted by Crippen LogP contribution is 2.04. The van der Waals surface area contributed by atoms with E-state index in [4.69, 9.17) is 0 Å². The first kappa shape index (κ1) is 15.9. The summed E-state index contributed by atoms with van der Waals surface area (Å²) in [6, 6.07) is 0.712. The fourth-order valence-electron chi connectivity index (χ4n) is 2.54. The fraction of sp³-hybridized carbons (Fsp3) is 1.00. The number of nitrogens with zero attached hydrogens (tertiary/aromatic N) is 2. The molecule has 0 saturated carbocycles. The van der Waals surface area contributed by atoms with Crippen molar-refractivity contribution >= 4 is 0 Å². The van der Waals surface area contributed by atoms with Crippen molar-refractivity contribution < 1.29 is 0 Å². The third-order valence-corrected chi connectivity index (χ3v) is 3.95. The molecule has 3 nitrogen and oxygen atoms in total. The van der Waals surface area contributed by atoms with Crippen LogP contribution in [0.2, 0.25) is 0 Å². The zero-order chi connectivity index (χ0) is 13.2. The fourth-order valence-corrected chi connectivity index (χ4v) is 2.54. The highest BCUT2D eigenvalue weighted by atomic mass is 15.3. The Labute approximate surface area is 114 Å². The van der Waals surface area contributed by atoms with Crippen LogP contribution in [0.4, 0.5) is 0 Å². The largest absolute Gasteiger partial charge is 0.315 e. The van der Waals surface area contributed by atoms with Crippen molar-refractivity contribution in [2.24, 2.45) is 0 Å². The number of hydrogen-bond acceptors (Lipinski definition) is 3. The predicted molar refractivity (Wildman–Crippen MR) is 80.2 cm³/mol. The van der Waals surface area contributed by atoms with E-state index in [9.17, 15) is 0 Å². The first-order chi connectivity index (χ1) is 8.74. The molecule has 18 heavy (non-hydrogen) atoms. The van der Waals surface area contributed by atoms with E-state index >= 15 is 0 Å². The van der Waals surface area contributed by atoms with Crippen LogP contribution in [-0.4, -0.2) is 61.7 Å². The van der Waals surface area contributed by atoms with Gasteiger partial charge < -0.3 is 5.32 Å². The van der Waals surface area contributed by atoms with Crippen molar-refractivity contribution in [3.8, 4) is 0 Å². The lowest BCUT2D eigenvalue weighted by Crippen LogP contribution is -2.50. The summed E-state index contributed by atoms with van der Waals surface area (Å²) in [6.07, 6.45) is 5.45. The van der Waals surface area contributed by atoms with Gasteiger partial charge in [-0.25, -0.2) is 0 Å². The molecule has 0 aromatic carbocycles. The molecule has 1 N–H and O–H groups in total.